The molecule has 2 atom stereocenters. The van der Waals surface area contributed by atoms with E-state index in [-0.39, 0.29) is 17.6 Å². The van der Waals surface area contributed by atoms with Gasteiger partial charge in [0.05, 0.1) is 5.54 Å². The van der Waals surface area contributed by atoms with Crippen LogP contribution >= 0.6 is 11.6 Å². The Kier molecular flexibility index (Phi) is 4.54. The van der Waals surface area contributed by atoms with E-state index in [1.807, 2.05) is 0 Å². The van der Waals surface area contributed by atoms with Crippen molar-refractivity contribution in [2.24, 2.45) is 11.8 Å². The Hall–Kier alpha value is -0.280. The molecule has 2 fully saturated rings. The number of halogens is 1. The van der Waals surface area contributed by atoms with Gasteiger partial charge >= 0.3 is 0 Å². The highest BCUT2D eigenvalue weighted by molar-refractivity contribution is 6.18. The fraction of sp³-hybridized carbons (Fsp3) is 0.929. The molecule has 18 heavy (non-hydrogen) atoms. The van der Waals surface area contributed by atoms with Gasteiger partial charge in [0.15, 0.2) is 0 Å². The SMILES string of the molecule is CC1CCC(CCl)(NC(=O)C2OCCC2C)CC1. The van der Waals surface area contributed by atoms with E-state index in [1.165, 1.54) is 0 Å². The van der Waals surface area contributed by atoms with Gasteiger partial charge in [0.2, 0.25) is 5.91 Å². The van der Waals surface area contributed by atoms with E-state index >= 15 is 0 Å². The molecule has 4 heteroatoms. The van der Waals surface area contributed by atoms with Crippen molar-refractivity contribution < 1.29 is 9.53 Å². The topological polar surface area (TPSA) is 38.3 Å². The summed E-state index contributed by atoms with van der Waals surface area (Å²) >= 11 is 6.12. The van der Waals surface area contributed by atoms with Gasteiger partial charge in [0, 0.05) is 12.5 Å². The molecule has 1 aliphatic carbocycles. The van der Waals surface area contributed by atoms with Crippen LogP contribution in [-0.4, -0.2) is 30.0 Å². The molecule has 0 bridgehead atoms. The fourth-order valence-corrected chi connectivity index (χ4v) is 3.30. The van der Waals surface area contributed by atoms with Crippen LogP contribution < -0.4 is 5.32 Å². The average molecular weight is 274 g/mol. The zero-order chi connectivity index (χ0) is 13.2. The minimum absolute atomic E-state index is 0.0372. The smallest absolute Gasteiger partial charge is 0.249 e. The highest BCUT2D eigenvalue weighted by atomic mass is 35.5. The van der Waals surface area contributed by atoms with Gasteiger partial charge in [-0.1, -0.05) is 13.8 Å². The van der Waals surface area contributed by atoms with Crippen LogP contribution in [0.4, 0.5) is 0 Å². The number of carbonyl (C=O) groups is 1. The molecule has 1 saturated carbocycles. The van der Waals surface area contributed by atoms with Crippen molar-refractivity contribution >= 4 is 17.5 Å². The van der Waals surface area contributed by atoms with E-state index in [0.717, 1.165) is 38.0 Å². The summed E-state index contributed by atoms with van der Waals surface area (Å²) in [5.74, 6) is 1.61. The Morgan fingerprint density at radius 1 is 1.33 bits per heavy atom. The second-order valence-electron chi connectivity index (χ2n) is 6.14. The first-order valence-electron chi connectivity index (χ1n) is 7.06. The average Bonchev–Trinajstić information content (AvgIpc) is 2.79. The van der Waals surface area contributed by atoms with Crippen LogP contribution in [0.5, 0.6) is 0 Å². The molecule has 2 rings (SSSR count). The van der Waals surface area contributed by atoms with E-state index < -0.39 is 0 Å². The number of carbonyl (C=O) groups excluding carboxylic acids is 1. The Morgan fingerprint density at radius 3 is 2.50 bits per heavy atom. The maximum Gasteiger partial charge on any atom is 0.249 e. The van der Waals surface area contributed by atoms with Crippen LogP contribution in [0.15, 0.2) is 0 Å². The lowest BCUT2D eigenvalue weighted by Crippen LogP contribution is -2.55. The van der Waals surface area contributed by atoms with Gasteiger partial charge < -0.3 is 10.1 Å². The first kappa shape index (κ1) is 14.1. The first-order valence-corrected chi connectivity index (χ1v) is 7.59. The van der Waals surface area contributed by atoms with Crippen LogP contribution in [0.1, 0.15) is 46.0 Å². The minimum atomic E-state index is -0.274. The van der Waals surface area contributed by atoms with Crippen molar-refractivity contribution in [3.8, 4) is 0 Å². The highest BCUT2D eigenvalue weighted by Crippen LogP contribution is 2.33. The minimum Gasteiger partial charge on any atom is -0.368 e. The van der Waals surface area contributed by atoms with Gasteiger partial charge in [0.25, 0.3) is 0 Å². The standard InChI is InChI=1S/C14H24ClNO2/c1-10-3-6-14(9-15,7-4-10)16-13(17)12-11(2)5-8-18-12/h10-12H,3-9H2,1-2H3,(H,16,17). The predicted octanol–water partition coefficient (Wildman–Crippen LogP) is 2.72. The zero-order valence-corrected chi connectivity index (χ0v) is 12.1. The fourth-order valence-electron chi connectivity index (χ4n) is 2.97. The lowest BCUT2D eigenvalue weighted by Gasteiger charge is -2.39. The largest absolute Gasteiger partial charge is 0.368 e. The Labute approximate surface area is 115 Å². The molecular formula is C14H24ClNO2. The first-order chi connectivity index (χ1) is 8.56. The zero-order valence-electron chi connectivity index (χ0n) is 11.4. The number of nitrogens with one attached hydrogen (secondary N) is 1. The predicted molar refractivity (Wildman–Crippen MR) is 72.7 cm³/mol. The highest BCUT2D eigenvalue weighted by Gasteiger charge is 2.39. The van der Waals surface area contributed by atoms with Gasteiger partial charge in [-0.05, 0) is 43.9 Å². The lowest BCUT2D eigenvalue weighted by molar-refractivity contribution is -0.133. The maximum absolute atomic E-state index is 12.3. The molecule has 0 spiro atoms. The van der Waals surface area contributed by atoms with Gasteiger partial charge in [-0.15, -0.1) is 11.6 Å². The summed E-state index contributed by atoms with van der Waals surface area (Å²) in [6.07, 6.45) is 4.98. The van der Waals surface area contributed by atoms with E-state index in [9.17, 15) is 4.79 Å². The summed E-state index contributed by atoms with van der Waals surface area (Å²) in [5.41, 5.74) is -0.198. The van der Waals surface area contributed by atoms with Crippen LogP contribution in [0.2, 0.25) is 0 Å². The molecule has 2 aliphatic rings. The molecule has 1 amide bonds. The second kappa shape index (κ2) is 5.79. The van der Waals surface area contributed by atoms with Crippen LogP contribution in [-0.2, 0) is 9.53 Å². The third-order valence-corrected chi connectivity index (χ3v) is 5.03. The molecule has 1 aliphatic heterocycles. The van der Waals surface area contributed by atoms with Crippen molar-refractivity contribution in [3.05, 3.63) is 0 Å². The van der Waals surface area contributed by atoms with E-state index in [1.54, 1.807) is 0 Å². The van der Waals surface area contributed by atoms with E-state index in [2.05, 4.69) is 19.2 Å². The molecule has 1 saturated heterocycles. The third kappa shape index (κ3) is 3.00. The van der Waals surface area contributed by atoms with Crippen LogP contribution in [0.25, 0.3) is 0 Å². The molecule has 0 aromatic rings. The quantitative estimate of drug-likeness (QED) is 0.803. The number of rotatable bonds is 3. The molecule has 3 nitrogen and oxygen atoms in total. The molecule has 0 radical (unpaired) electrons. The molecular weight excluding hydrogens is 250 g/mol. The Balaban J connectivity index is 1.95. The second-order valence-corrected chi connectivity index (χ2v) is 6.41. The molecule has 2 unspecified atom stereocenters. The molecule has 0 aromatic carbocycles. The number of hydrogen-bond donors (Lipinski definition) is 1. The number of ether oxygens (including phenoxy) is 1. The lowest BCUT2D eigenvalue weighted by atomic mass is 9.78. The molecule has 0 aromatic heterocycles. The Morgan fingerprint density at radius 2 is 2.00 bits per heavy atom. The van der Waals surface area contributed by atoms with E-state index in [4.69, 9.17) is 16.3 Å². The Bertz CT molecular complexity index is 300. The summed E-state index contributed by atoms with van der Waals surface area (Å²) < 4.78 is 5.52. The normalized spacial score (nSPS) is 40.7. The van der Waals surface area contributed by atoms with E-state index in [0.29, 0.717) is 18.4 Å². The summed E-state index contributed by atoms with van der Waals surface area (Å²) in [6.45, 7) is 5.04. The maximum atomic E-state index is 12.3. The number of amides is 1. The van der Waals surface area contributed by atoms with Crippen molar-refractivity contribution in [2.75, 3.05) is 12.5 Å². The summed E-state index contributed by atoms with van der Waals surface area (Å²) in [6, 6.07) is 0. The van der Waals surface area contributed by atoms with Crippen LogP contribution in [0.3, 0.4) is 0 Å². The molecule has 1 heterocycles. The van der Waals surface area contributed by atoms with Gasteiger partial charge in [-0.2, -0.15) is 0 Å². The van der Waals surface area contributed by atoms with Crippen LogP contribution in [0, 0.1) is 11.8 Å². The van der Waals surface area contributed by atoms with Crippen molar-refractivity contribution in [3.63, 3.8) is 0 Å². The van der Waals surface area contributed by atoms with Gasteiger partial charge in [0.1, 0.15) is 6.10 Å². The molecule has 1 N–H and O–H groups in total. The monoisotopic (exact) mass is 273 g/mol. The molecule has 104 valence electrons. The van der Waals surface area contributed by atoms with Crippen molar-refractivity contribution in [2.45, 2.75) is 57.6 Å². The third-order valence-electron chi connectivity index (χ3n) is 4.52. The van der Waals surface area contributed by atoms with Crippen molar-refractivity contribution in [1.29, 1.82) is 0 Å². The number of alkyl halides is 1. The van der Waals surface area contributed by atoms with Gasteiger partial charge in [-0.3, -0.25) is 4.79 Å². The summed E-state index contributed by atoms with van der Waals surface area (Å²) in [4.78, 5) is 12.3. The summed E-state index contributed by atoms with van der Waals surface area (Å²) in [7, 11) is 0. The number of hydrogen-bond acceptors (Lipinski definition) is 2. The van der Waals surface area contributed by atoms with Crippen molar-refractivity contribution in [1.82, 2.24) is 5.32 Å². The van der Waals surface area contributed by atoms with Gasteiger partial charge in [-0.25, -0.2) is 0 Å². The summed E-state index contributed by atoms with van der Waals surface area (Å²) in [5, 5.41) is 3.18.